The molecule has 0 radical (unpaired) electrons. The number of thiophene rings is 1. The molecule has 1 saturated heterocycles. The molecule has 1 aliphatic heterocycles. The molecule has 1 aromatic carbocycles. The third-order valence-electron chi connectivity index (χ3n) is 4.66. The van der Waals surface area contributed by atoms with Crippen molar-refractivity contribution in [1.82, 2.24) is 20.0 Å². The van der Waals surface area contributed by atoms with E-state index in [9.17, 15) is 14.4 Å². The van der Waals surface area contributed by atoms with Crippen LogP contribution in [0.1, 0.15) is 20.9 Å². The lowest BCUT2D eigenvalue weighted by Gasteiger charge is -2.12. The number of rotatable bonds is 5. The second-order valence-electron chi connectivity index (χ2n) is 6.80. The number of thioether (sulfide) groups is 1. The Balaban J connectivity index is 1.38. The maximum absolute atomic E-state index is 12.6. The van der Waals surface area contributed by atoms with Crippen LogP contribution in [-0.4, -0.2) is 44.8 Å². The van der Waals surface area contributed by atoms with E-state index in [0.29, 0.717) is 25.4 Å². The number of nitrogens with zero attached hydrogens (tertiary/aromatic N) is 3. The average molecular weight is 495 g/mol. The van der Waals surface area contributed by atoms with Gasteiger partial charge in [-0.15, -0.1) is 11.3 Å². The number of carbonyl (C=O) groups is 3. The number of halogens is 2. The Morgan fingerprint density at radius 1 is 1.23 bits per heavy atom. The number of hydrogen-bond donors (Lipinski definition) is 1. The lowest BCUT2D eigenvalue weighted by molar-refractivity contribution is -0.122. The quantitative estimate of drug-likeness (QED) is 0.518. The van der Waals surface area contributed by atoms with Gasteiger partial charge < -0.3 is 5.32 Å². The van der Waals surface area contributed by atoms with Gasteiger partial charge in [0.1, 0.15) is 4.83 Å². The van der Waals surface area contributed by atoms with E-state index in [1.54, 1.807) is 35.0 Å². The van der Waals surface area contributed by atoms with Crippen molar-refractivity contribution in [3.05, 3.63) is 55.4 Å². The Labute approximate surface area is 196 Å². The van der Waals surface area contributed by atoms with Crippen LogP contribution in [0.2, 0.25) is 10.0 Å². The fourth-order valence-electron chi connectivity index (χ4n) is 3.13. The molecule has 1 N–H and O–H groups in total. The molecular formula is C20H16Cl2N4O3S2. The molecule has 3 heterocycles. The van der Waals surface area contributed by atoms with E-state index in [2.05, 4.69) is 10.4 Å². The number of fused-ring (bicyclic) bond motifs is 1. The summed E-state index contributed by atoms with van der Waals surface area (Å²) in [6.45, 7) is 2.13. The summed E-state index contributed by atoms with van der Waals surface area (Å²) in [4.78, 5) is 40.2. The SMILES string of the molecule is Cc1nn(C)c2sc(C(=O)NCCN3C(=O)S/C(=C\c4ccc(Cl)c(Cl)c4)C3=O)cc12. The summed E-state index contributed by atoms with van der Waals surface area (Å²) >= 11 is 14.1. The van der Waals surface area contributed by atoms with E-state index < -0.39 is 5.91 Å². The number of hydrogen-bond acceptors (Lipinski definition) is 6. The fourth-order valence-corrected chi connectivity index (χ4v) is 5.34. The van der Waals surface area contributed by atoms with Crippen molar-refractivity contribution < 1.29 is 14.4 Å². The summed E-state index contributed by atoms with van der Waals surface area (Å²) in [5.74, 6) is -0.655. The van der Waals surface area contributed by atoms with Gasteiger partial charge in [-0.2, -0.15) is 5.10 Å². The second-order valence-corrected chi connectivity index (χ2v) is 9.64. The smallest absolute Gasteiger partial charge is 0.293 e. The van der Waals surface area contributed by atoms with Crippen molar-refractivity contribution in [2.24, 2.45) is 7.05 Å². The molecule has 3 amide bonds. The largest absolute Gasteiger partial charge is 0.350 e. The summed E-state index contributed by atoms with van der Waals surface area (Å²) in [6.07, 6.45) is 1.60. The van der Waals surface area contributed by atoms with Crippen molar-refractivity contribution >= 4 is 79.6 Å². The van der Waals surface area contributed by atoms with Gasteiger partial charge in [-0.3, -0.25) is 24.0 Å². The van der Waals surface area contributed by atoms with E-state index in [-0.39, 0.29) is 24.2 Å². The van der Waals surface area contributed by atoms with Crippen molar-refractivity contribution in [2.75, 3.05) is 13.1 Å². The summed E-state index contributed by atoms with van der Waals surface area (Å²) in [7, 11) is 1.83. The predicted molar refractivity (Wildman–Crippen MR) is 125 cm³/mol. The Hall–Kier alpha value is -2.33. The highest BCUT2D eigenvalue weighted by molar-refractivity contribution is 8.18. The zero-order valence-electron chi connectivity index (χ0n) is 16.4. The first kappa shape index (κ1) is 21.9. The average Bonchev–Trinajstić information content (AvgIpc) is 3.35. The summed E-state index contributed by atoms with van der Waals surface area (Å²) in [6, 6.07) is 6.77. The molecule has 0 saturated carbocycles. The third-order valence-corrected chi connectivity index (χ3v) is 7.50. The van der Waals surface area contributed by atoms with Crippen molar-refractivity contribution in [2.45, 2.75) is 6.92 Å². The predicted octanol–water partition coefficient (Wildman–Crippen LogP) is 4.72. The first-order valence-electron chi connectivity index (χ1n) is 9.16. The molecule has 1 fully saturated rings. The van der Waals surface area contributed by atoms with E-state index in [4.69, 9.17) is 23.2 Å². The molecule has 0 unspecified atom stereocenters. The van der Waals surface area contributed by atoms with E-state index in [1.165, 1.54) is 11.3 Å². The molecule has 31 heavy (non-hydrogen) atoms. The number of nitrogens with one attached hydrogen (secondary N) is 1. The number of amides is 3. The molecule has 3 aromatic rings. The first-order valence-corrected chi connectivity index (χ1v) is 11.5. The van der Waals surface area contributed by atoms with Gasteiger partial charge in [0.15, 0.2) is 0 Å². The first-order chi connectivity index (χ1) is 14.7. The standard InChI is InChI=1S/C20H16Cl2N4O3S2/c1-10-12-9-15(30-19(12)25(2)24-10)17(27)23-5-6-26-18(28)16(31-20(26)29)8-11-3-4-13(21)14(22)7-11/h3-4,7-9H,5-6H2,1-2H3,(H,23,27)/b16-8-. The van der Waals surface area contributed by atoms with Gasteiger partial charge in [0.05, 0.1) is 25.5 Å². The number of carbonyl (C=O) groups excluding carboxylic acids is 3. The highest BCUT2D eigenvalue weighted by atomic mass is 35.5. The van der Waals surface area contributed by atoms with Crippen LogP contribution in [0.3, 0.4) is 0 Å². The van der Waals surface area contributed by atoms with Crippen LogP contribution < -0.4 is 5.32 Å². The van der Waals surface area contributed by atoms with Crippen LogP contribution in [-0.2, 0) is 11.8 Å². The third kappa shape index (κ3) is 4.36. The number of imide groups is 1. The molecule has 160 valence electrons. The van der Waals surface area contributed by atoms with Crippen LogP contribution in [0.5, 0.6) is 0 Å². The lowest BCUT2D eigenvalue weighted by atomic mass is 10.2. The zero-order chi connectivity index (χ0) is 22.3. The van der Waals surface area contributed by atoms with E-state index in [0.717, 1.165) is 32.6 Å². The van der Waals surface area contributed by atoms with E-state index >= 15 is 0 Å². The normalized spacial score (nSPS) is 15.5. The van der Waals surface area contributed by atoms with Gasteiger partial charge >= 0.3 is 0 Å². The van der Waals surface area contributed by atoms with Gasteiger partial charge in [-0.05, 0) is 48.5 Å². The van der Waals surface area contributed by atoms with Crippen molar-refractivity contribution in [3.8, 4) is 0 Å². The molecule has 4 rings (SSSR count). The summed E-state index contributed by atoms with van der Waals surface area (Å²) in [5.41, 5.74) is 1.53. The molecule has 0 spiro atoms. The van der Waals surface area contributed by atoms with Crippen LogP contribution in [0.4, 0.5) is 4.79 Å². The molecule has 0 atom stereocenters. The fraction of sp³-hybridized carbons (Fsp3) is 0.200. The highest BCUT2D eigenvalue weighted by Crippen LogP contribution is 2.33. The second kappa shape index (κ2) is 8.66. The molecule has 11 heteroatoms. The van der Waals surface area contributed by atoms with Gasteiger partial charge in [-0.25, -0.2) is 0 Å². The monoisotopic (exact) mass is 494 g/mol. The molecule has 7 nitrogen and oxygen atoms in total. The van der Waals surface area contributed by atoms with Gasteiger partial charge in [0.2, 0.25) is 0 Å². The summed E-state index contributed by atoms with van der Waals surface area (Å²) in [5, 5.41) is 8.43. The van der Waals surface area contributed by atoms with Gasteiger partial charge in [0.25, 0.3) is 17.1 Å². The highest BCUT2D eigenvalue weighted by Gasteiger charge is 2.34. The molecular weight excluding hydrogens is 479 g/mol. The van der Waals surface area contributed by atoms with Crippen LogP contribution in [0.25, 0.3) is 16.3 Å². The lowest BCUT2D eigenvalue weighted by Crippen LogP contribution is -2.37. The molecule has 0 aliphatic carbocycles. The van der Waals surface area contributed by atoms with Crippen LogP contribution >= 0.6 is 46.3 Å². The molecule has 1 aliphatic rings. The van der Waals surface area contributed by atoms with Crippen LogP contribution in [0.15, 0.2) is 29.2 Å². The Morgan fingerprint density at radius 3 is 2.71 bits per heavy atom. The summed E-state index contributed by atoms with van der Waals surface area (Å²) < 4.78 is 1.74. The van der Waals surface area contributed by atoms with Crippen LogP contribution in [0, 0.1) is 6.92 Å². The topological polar surface area (TPSA) is 84.3 Å². The Kier molecular flexibility index (Phi) is 6.11. The molecule has 0 bridgehead atoms. The zero-order valence-corrected chi connectivity index (χ0v) is 19.6. The van der Waals surface area contributed by atoms with Crippen molar-refractivity contribution in [1.29, 1.82) is 0 Å². The minimum absolute atomic E-state index is 0.0839. The number of benzene rings is 1. The number of aromatic nitrogens is 2. The maximum Gasteiger partial charge on any atom is 0.293 e. The van der Waals surface area contributed by atoms with Crippen molar-refractivity contribution in [3.63, 3.8) is 0 Å². The Morgan fingerprint density at radius 2 is 2.00 bits per heavy atom. The van der Waals surface area contributed by atoms with E-state index in [1.807, 2.05) is 14.0 Å². The van der Waals surface area contributed by atoms with Gasteiger partial charge in [0, 0.05) is 25.5 Å². The molecule has 2 aromatic heterocycles. The Bertz CT molecular complexity index is 1230. The van der Waals surface area contributed by atoms with Gasteiger partial charge in [-0.1, -0.05) is 29.3 Å². The number of aryl methyl sites for hydroxylation is 2. The minimum Gasteiger partial charge on any atom is -0.350 e. The minimum atomic E-state index is -0.404. The maximum atomic E-state index is 12.6.